The lowest BCUT2D eigenvalue weighted by atomic mass is 10.4. The molecule has 9 nitrogen and oxygen atoms in total. The minimum Gasteiger partial charge on any atom is -0.480 e. The van der Waals surface area contributed by atoms with Crippen molar-refractivity contribution in [3.05, 3.63) is 0 Å². The first-order chi connectivity index (χ1) is 11.1. The maximum Gasteiger partial charge on any atom is 0.317 e. The summed E-state index contributed by atoms with van der Waals surface area (Å²) < 4.78 is 16.3. The quantitative estimate of drug-likeness (QED) is 0.657. The van der Waals surface area contributed by atoms with Crippen LogP contribution in [0.4, 0.5) is 0 Å². The average molecular weight is 334 g/mol. The van der Waals surface area contributed by atoms with Crippen molar-refractivity contribution in [2.45, 2.75) is 0 Å². The molecule has 0 atom stereocenters. The summed E-state index contributed by atoms with van der Waals surface area (Å²) in [6.07, 6.45) is 0. The third-order valence-electron chi connectivity index (χ3n) is 3.30. The second-order valence-electron chi connectivity index (χ2n) is 5.18. The normalized spacial score (nSPS) is 21.2. The standard InChI is InChI=1S/C14H26N2O7/c17-13(18)11-15-1-5-21-6-2-16(12-14(19)20)4-8-23-10-9-22-7-3-15/h1-12H2,(H,17,18)(H,19,20). The van der Waals surface area contributed by atoms with Crippen LogP contribution < -0.4 is 0 Å². The maximum absolute atomic E-state index is 10.8. The number of ether oxygens (including phenoxy) is 3. The molecule has 0 spiro atoms. The van der Waals surface area contributed by atoms with Crippen LogP contribution in [0, 0.1) is 0 Å². The van der Waals surface area contributed by atoms with E-state index in [0.29, 0.717) is 65.8 Å². The van der Waals surface area contributed by atoms with E-state index in [-0.39, 0.29) is 13.1 Å². The van der Waals surface area contributed by atoms with E-state index in [9.17, 15) is 9.59 Å². The number of hydrogen-bond acceptors (Lipinski definition) is 7. The molecule has 1 rings (SSSR count). The van der Waals surface area contributed by atoms with E-state index in [4.69, 9.17) is 24.4 Å². The lowest BCUT2D eigenvalue weighted by Gasteiger charge is -2.21. The van der Waals surface area contributed by atoms with Gasteiger partial charge in [-0.3, -0.25) is 19.4 Å². The lowest BCUT2D eigenvalue weighted by molar-refractivity contribution is -0.139. The largest absolute Gasteiger partial charge is 0.480 e. The number of carbonyl (C=O) groups is 2. The molecule has 0 bridgehead atoms. The van der Waals surface area contributed by atoms with E-state index >= 15 is 0 Å². The Morgan fingerprint density at radius 3 is 1.26 bits per heavy atom. The van der Waals surface area contributed by atoms with Crippen LogP contribution in [0.1, 0.15) is 0 Å². The molecule has 0 aliphatic carbocycles. The van der Waals surface area contributed by atoms with Crippen LogP contribution in [0.25, 0.3) is 0 Å². The van der Waals surface area contributed by atoms with Crippen molar-refractivity contribution in [1.82, 2.24) is 9.80 Å². The average Bonchev–Trinajstić information content (AvgIpc) is 2.47. The Bertz CT molecular complexity index is 322. The molecule has 9 heteroatoms. The van der Waals surface area contributed by atoms with Crippen LogP contribution in [0.2, 0.25) is 0 Å². The van der Waals surface area contributed by atoms with Crippen LogP contribution in [0.15, 0.2) is 0 Å². The van der Waals surface area contributed by atoms with E-state index in [1.807, 2.05) is 0 Å². The van der Waals surface area contributed by atoms with E-state index in [1.165, 1.54) is 0 Å². The van der Waals surface area contributed by atoms with Crippen molar-refractivity contribution in [3.63, 3.8) is 0 Å². The molecular formula is C14H26N2O7. The summed E-state index contributed by atoms with van der Waals surface area (Å²) >= 11 is 0. The van der Waals surface area contributed by atoms with Gasteiger partial charge in [-0.2, -0.15) is 0 Å². The molecule has 1 fully saturated rings. The molecule has 1 heterocycles. The summed E-state index contributed by atoms with van der Waals surface area (Å²) in [4.78, 5) is 25.2. The van der Waals surface area contributed by atoms with Gasteiger partial charge in [-0.25, -0.2) is 0 Å². The number of aliphatic carboxylic acids is 2. The fourth-order valence-electron chi connectivity index (χ4n) is 2.12. The Hall–Kier alpha value is -1.26. The Balaban J connectivity index is 2.43. The highest BCUT2D eigenvalue weighted by molar-refractivity contribution is 5.69. The molecule has 0 aromatic carbocycles. The molecule has 23 heavy (non-hydrogen) atoms. The van der Waals surface area contributed by atoms with E-state index in [2.05, 4.69) is 0 Å². The molecule has 0 radical (unpaired) electrons. The predicted octanol–water partition coefficient (Wildman–Crippen LogP) is -1.18. The van der Waals surface area contributed by atoms with Gasteiger partial charge in [-0.05, 0) is 0 Å². The minimum absolute atomic E-state index is 0.0612. The lowest BCUT2D eigenvalue weighted by Crippen LogP contribution is -2.37. The summed E-state index contributed by atoms with van der Waals surface area (Å²) in [7, 11) is 0. The SMILES string of the molecule is O=C(O)CN1CCOCCOCCN(CC(=O)O)CCOCC1. The zero-order chi connectivity index (χ0) is 16.9. The highest BCUT2D eigenvalue weighted by atomic mass is 16.5. The smallest absolute Gasteiger partial charge is 0.317 e. The van der Waals surface area contributed by atoms with Gasteiger partial charge in [0.25, 0.3) is 0 Å². The zero-order valence-corrected chi connectivity index (χ0v) is 13.3. The molecule has 0 amide bonds. The van der Waals surface area contributed by atoms with Gasteiger partial charge in [0.15, 0.2) is 0 Å². The number of nitrogens with zero attached hydrogens (tertiary/aromatic N) is 2. The Kier molecular flexibility index (Phi) is 10.5. The van der Waals surface area contributed by atoms with Gasteiger partial charge >= 0.3 is 11.9 Å². The van der Waals surface area contributed by atoms with Crippen LogP contribution in [0.3, 0.4) is 0 Å². The second-order valence-corrected chi connectivity index (χ2v) is 5.18. The van der Waals surface area contributed by atoms with Crippen molar-refractivity contribution in [3.8, 4) is 0 Å². The van der Waals surface area contributed by atoms with Crippen LogP contribution in [-0.2, 0) is 23.8 Å². The molecule has 134 valence electrons. The predicted molar refractivity (Wildman–Crippen MR) is 80.6 cm³/mol. The van der Waals surface area contributed by atoms with Crippen LogP contribution >= 0.6 is 0 Å². The fourth-order valence-corrected chi connectivity index (χ4v) is 2.12. The van der Waals surface area contributed by atoms with Crippen molar-refractivity contribution >= 4 is 11.9 Å². The van der Waals surface area contributed by atoms with E-state index in [1.54, 1.807) is 9.80 Å². The van der Waals surface area contributed by atoms with Gasteiger partial charge in [-0.15, -0.1) is 0 Å². The van der Waals surface area contributed by atoms with Gasteiger partial charge < -0.3 is 24.4 Å². The van der Waals surface area contributed by atoms with Crippen molar-refractivity contribution in [1.29, 1.82) is 0 Å². The Morgan fingerprint density at radius 2 is 0.957 bits per heavy atom. The third kappa shape index (κ3) is 11.0. The first kappa shape index (κ1) is 19.8. The number of carboxylic acid groups (broad SMARTS) is 2. The molecular weight excluding hydrogens is 308 g/mol. The Morgan fingerprint density at radius 1 is 0.652 bits per heavy atom. The second kappa shape index (κ2) is 12.2. The molecule has 1 aliphatic rings. The van der Waals surface area contributed by atoms with Crippen LogP contribution in [0.5, 0.6) is 0 Å². The van der Waals surface area contributed by atoms with Crippen molar-refractivity contribution in [2.24, 2.45) is 0 Å². The fraction of sp³-hybridized carbons (Fsp3) is 0.857. The van der Waals surface area contributed by atoms with Gasteiger partial charge in [0.2, 0.25) is 0 Å². The van der Waals surface area contributed by atoms with Gasteiger partial charge in [-0.1, -0.05) is 0 Å². The summed E-state index contributed by atoms with van der Waals surface area (Å²) in [5.41, 5.74) is 0. The van der Waals surface area contributed by atoms with Gasteiger partial charge in [0.05, 0.1) is 52.7 Å². The topological polar surface area (TPSA) is 109 Å². The summed E-state index contributed by atoms with van der Waals surface area (Å²) in [5.74, 6) is -1.78. The maximum atomic E-state index is 10.8. The molecule has 0 aromatic heterocycles. The minimum atomic E-state index is -0.890. The molecule has 2 N–H and O–H groups in total. The van der Waals surface area contributed by atoms with Crippen LogP contribution in [-0.4, -0.2) is 111 Å². The van der Waals surface area contributed by atoms with Gasteiger partial charge in [0, 0.05) is 26.2 Å². The Labute approximate surface area is 135 Å². The number of hydrogen-bond donors (Lipinski definition) is 2. The van der Waals surface area contributed by atoms with E-state index in [0.717, 1.165) is 0 Å². The first-order valence-electron chi connectivity index (χ1n) is 7.69. The highest BCUT2D eigenvalue weighted by Gasteiger charge is 2.12. The monoisotopic (exact) mass is 334 g/mol. The first-order valence-corrected chi connectivity index (χ1v) is 7.69. The highest BCUT2D eigenvalue weighted by Crippen LogP contribution is 1.94. The molecule has 1 saturated heterocycles. The van der Waals surface area contributed by atoms with Gasteiger partial charge in [0.1, 0.15) is 0 Å². The van der Waals surface area contributed by atoms with Crippen molar-refractivity contribution < 1.29 is 34.0 Å². The van der Waals surface area contributed by atoms with E-state index < -0.39 is 11.9 Å². The van der Waals surface area contributed by atoms with Crippen molar-refractivity contribution in [2.75, 3.05) is 78.9 Å². The summed E-state index contributed by atoms with van der Waals surface area (Å²) in [6.45, 7) is 4.39. The molecule has 1 aliphatic heterocycles. The third-order valence-corrected chi connectivity index (χ3v) is 3.30. The molecule has 0 unspecified atom stereocenters. The summed E-state index contributed by atoms with van der Waals surface area (Å²) in [6, 6.07) is 0. The molecule has 0 aromatic rings. The zero-order valence-electron chi connectivity index (χ0n) is 13.3. The summed E-state index contributed by atoms with van der Waals surface area (Å²) in [5, 5.41) is 17.8. The molecule has 0 saturated carbocycles. The number of carboxylic acids is 2. The number of rotatable bonds is 4.